The number of nitrogens with one attached hydrogen (secondary N) is 2. The Balaban J connectivity index is 1.48. The van der Waals surface area contributed by atoms with E-state index in [1.54, 1.807) is 13.2 Å². The summed E-state index contributed by atoms with van der Waals surface area (Å²) in [5, 5.41) is 5.52. The van der Waals surface area contributed by atoms with Crippen LogP contribution < -0.4 is 20.1 Å². The van der Waals surface area contributed by atoms with E-state index in [-0.39, 0.29) is 11.4 Å². The Hall–Kier alpha value is -2.77. The van der Waals surface area contributed by atoms with Crippen LogP contribution in [0.3, 0.4) is 0 Å². The fourth-order valence-electron chi connectivity index (χ4n) is 3.34. The summed E-state index contributed by atoms with van der Waals surface area (Å²) in [6.07, 6.45) is 2.31. The van der Waals surface area contributed by atoms with Gasteiger partial charge in [0.1, 0.15) is 5.88 Å². The van der Waals surface area contributed by atoms with Gasteiger partial charge in [0, 0.05) is 31.9 Å². The van der Waals surface area contributed by atoms with Gasteiger partial charge in [0.2, 0.25) is 5.88 Å². The zero-order valence-electron chi connectivity index (χ0n) is 19.0. The van der Waals surface area contributed by atoms with Crippen LogP contribution in [0, 0.1) is 0 Å². The van der Waals surface area contributed by atoms with Crippen LogP contribution in [0.2, 0.25) is 0 Å². The number of morpholine rings is 1. The Bertz CT molecular complexity index is 1040. The van der Waals surface area contributed by atoms with Crippen LogP contribution in [0.4, 0.5) is 0 Å². The van der Waals surface area contributed by atoms with E-state index in [2.05, 4.69) is 20.5 Å². The third kappa shape index (κ3) is 8.54. The van der Waals surface area contributed by atoms with Gasteiger partial charge in [-0.25, -0.2) is 4.98 Å². The van der Waals surface area contributed by atoms with E-state index in [0.717, 1.165) is 51.4 Å². The number of ether oxygens (including phenoxy) is 3. The van der Waals surface area contributed by atoms with Crippen molar-refractivity contribution >= 4 is 16.0 Å². The molecular formula is C22H30N4O7S. The number of hydrogen-bond acceptors (Lipinski definition) is 9. The minimum absolute atomic E-state index is 0.123. The highest BCUT2D eigenvalue weighted by Gasteiger charge is 2.13. The molecule has 1 amide bonds. The van der Waals surface area contributed by atoms with Crippen molar-refractivity contribution in [1.82, 2.24) is 20.5 Å². The Morgan fingerprint density at radius 1 is 1.21 bits per heavy atom. The van der Waals surface area contributed by atoms with Crippen molar-refractivity contribution in [1.29, 1.82) is 0 Å². The van der Waals surface area contributed by atoms with Crippen LogP contribution >= 0.6 is 0 Å². The number of pyridine rings is 1. The minimum Gasteiger partial charge on any atom is -0.493 e. The summed E-state index contributed by atoms with van der Waals surface area (Å²) in [7, 11) is -2.75. The van der Waals surface area contributed by atoms with E-state index in [1.807, 2.05) is 12.1 Å². The van der Waals surface area contributed by atoms with Crippen molar-refractivity contribution in [3.05, 3.63) is 47.7 Å². The van der Waals surface area contributed by atoms with Crippen molar-refractivity contribution < 1.29 is 32.0 Å². The number of amides is 1. The molecule has 1 fully saturated rings. The molecule has 12 heteroatoms. The van der Waals surface area contributed by atoms with Gasteiger partial charge in [-0.3, -0.25) is 14.2 Å². The van der Waals surface area contributed by atoms with Gasteiger partial charge >= 0.3 is 0 Å². The summed E-state index contributed by atoms with van der Waals surface area (Å²) in [6.45, 7) is 6.29. The SMILES string of the molecule is COc1cc(CNCCCN2CCOCC2)ccc1Oc1ccc(C(=O)NCS(=O)(=O)O)cn1. The summed E-state index contributed by atoms with van der Waals surface area (Å²) in [6, 6.07) is 8.53. The van der Waals surface area contributed by atoms with Gasteiger partial charge in [-0.15, -0.1) is 0 Å². The molecule has 2 heterocycles. The lowest BCUT2D eigenvalue weighted by Crippen LogP contribution is -2.37. The van der Waals surface area contributed by atoms with Gasteiger partial charge in [0.05, 0.1) is 25.9 Å². The molecule has 2 aromatic rings. The summed E-state index contributed by atoms with van der Waals surface area (Å²) < 4.78 is 46.8. The molecular weight excluding hydrogens is 464 g/mol. The minimum atomic E-state index is -4.30. The first-order chi connectivity index (χ1) is 16.3. The van der Waals surface area contributed by atoms with Crippen molar-refractivity contribution in [3.8, 4) is 17.4 Å². The van der Waals surface area contributed by atoms with Crippen molar-refractivity contribution in [2.75, 3.05) is 52.4 Å². The number of carbonyl (C=O) groups is 1. The number of rotatable bonds is 12. The van der Waals surface area contributed by atoms with Gasteiger partial charge < -0.3 is 24.8 Å². The first-order valence-corrected chi connectivity index (χ1v) is 12.5. The molecule has 1 saturated heterocycles. The van der Waals surface area contributed by atoms with Gasteiger partial charge in [0.15, 0.2) is 11.5 Å². The van der Waals surface area contributed by atoms with Crippen molar-refractivity contribution in [2.45, 2.75) is 13.0 Å². The Labute approximate surface area is 199 Å². The molecule has 0 saturated carbocycles. The summed E-state index contributed by atoms with van der Waals surface area (Å²) in [4.78, 5) is 18.4. The Morgan fingerprint density at radius 3 is 2.68 bits per heavy atom. The highest BCUT2D eigenvalue weighted by Crippen LogP contribution is 2.31. The molecule has 11 nitrogen and oxygen atoms in total. The molecule has 0 bridgehead atoms. The van der Waals surface area contributed by atoms with E-state index in [4.69, 9.17) is 18.8 Å². The van der Waals surface area contributed by atoms with Crippen LogP contribution in [0.1, 0.15) is 22.3 Å². The van der Waals surface area contributed by atoms with E-state index in [9.17, 15) is 13.2 Å². The summed E-state index contributed by atoms with van der Waals surface area (Å²) in [5.41, 5.74) is 1.17. The average Bonchev–Trinajstić information content (AvgIpc) is 2.83. The summed E-state index contributed by atoms with van der Waals surface area (Å²) >= 11 is 0. The predicted octanol–water partition coefficient (Wildman–Crippen LogP) is 1.27. The summed E-state index contributed by atoms with van der Waals surface area (Å²) in [5.74, 6) is -0.315. The predicted molar refractivity (Wildman–Crippen MR) is 125 cm³/mol. The molecule has 0 radical (unpaired) electrons. The molecule has 34 heavy (non-hydrogen) atoms. The van der Waals surface area contributed by atoms with Crippen LogP contribution in [0.25, 0.3) is 0 Å². The van der Waals surface area contributed by atoms with E-state index in [1.165, 1.54) is 18.3 Å². The number of aromatic nitrogens is 1. The van der Waals surface area contributed by atoms with Gasteiger partial charge in [-0.05, 0) is 43.3 Å². The third-order valence-electron chi connectivity index (χ3n) is 5.12. The number of methoxy groups -OCH3 is 1. The molecule has 3 N–H and O–H groups in total. The van der Waals surface area contributed by atoms with Crippen LogP contribution in [-0.2, 0) is 21.4 Å². The lowest BCUT2D eigenvalue weighted by atomic mass is 10.2. The van der Waals surface area contributed by atoms with Gasteiger partial charge in [0.25, 0.3) is 16.0 Å². The molecule has 0 aliphatic carbocycles. The van der Waals surface area contributed by atoms with Gasteiger partial charge in [-0.1, -0.05) is 6.07 Å². The Morgan fingerprint density at radius 2 is 2.00 bits per heavy atom. The maximum Gasteiger partial charge on any atom is 0.283 e. The first-order valence-electron chi connectivity index (χ1n) is 10.9. The fourth-order valence-corrected chi connectivity index (χ4v) is 3.65. The first kappa shape index (κ1) is 25.8. The zero-order chi connectivity index (χ0) is 24.4. The number of nitrogens with zero attached hydrogens (tertiary/aromatic N) is 2. The molecule has 1 aliphatic rings. The number of benzene rings is 1. The lowest BCUT2D eigenvalue weighted by molar-refractivity contribution is 0.0374. The molecule has 1 aromatic carbocycles. The quantitative estimate of drug-likeness (QED) is 0.292. The zero-order valence-corrected chi connectivity index (χ0v) is 19.8. The molecule has 0 atom stereocenters. The maximum absolute atomic E-state index is 11.9. The standard InChI is InChI=1S/C22H30N4O7S/c1-31-20-13-17(14-23-7-2-8-26-9-11-32-12-10-26)3-5-19(20)33-21-6-4-18(15-24-21)22(27)25-16-34(28,29)30/h3-6,13,15,23H,2,7-12,14,16H2,1H3,(H,25,27)(H,28,29,30). The molecule has 0 unspecified atom stereocenters. The molecule has 3 rings (SSSR count). The monoisotopic (exact) mass is 494 g/mol. The third-order valence-corrected chi connectivity index (χ3v) is 5.63. The fraction of sp³-hybridized carbons (Fsp3) is 0.455. The topological polar surface area (TPSA) is 139 Å². The van der Waals surface area contributed by atoms with Crippen LogP contribution in [0.15, 0.2) is 36.5 Å². The molecule has 1 aromatic heterocycles. The molecule has 186 valence electrons. The average molecular weight is 495 g/mol. The second-order valence-electron chi connectivity index (χ2n) is 7.69. The highest BCUT2D eigenvalue weighted by atomic mass is 32.2. The van der Waals surface area contributed by atoms with E-state index >= 15 is 0 Å². The van der Waals surface area contributed by atoms with Crippen molar-refractivity contribution in [3.63, 3.8) is 0 Å². The van der Waals surface area contributed by atoms with E-state index in [0.29, 0.717) is 18.0 Å². The van der Waals surface area contributed by atoms with Crippen LogP contribution in [0.5, 0.6) is 17.4 Å². The van der Waals surface area contributed by atoms with Crippen molar-refractivity contribution in [2.24, 2.45) is 0 Å². The molecule has 0 spiro atoms. The largest absolute Gasteiger partial charge is 0.493 e. The second-order valence-corrected chi connectivity index (χ2v) is 9.14. The normalized spacial score (nSPS) is 14.5. The number of hydrogen-bond donors (Lipinski definition) is 3. The maximum atomic E-state index is 11.9. The Kier molecular flexibility index (Phi) is 9.60. The smallest absolute Gasteiger partial charge is 0.283 e. The lowest BCUT2D eigenvalue weighted by Gasteiger charge is -2.26. The van der Waals surface area contributed by atoms with E-state index < -0.39 is 21.9 Å². The van der Waals surface area contributed by atoms with Gasteiger partial charge in [-0.2, -0.15) is 8.42 Å². The highest BCUT2D eigenvalue weighted by molar-refractivity contribution is 7.85. The molecule has 1 aliphatic heterocycles. The number of carbonyl (C=O) groups excluding carboxylic acids is 1. The van der Waals surface area contributed by atoms with Crippen LogP contribution in [-0.4, -0.2) is 81.1 Å². The second kappa shape index (κ2) is 12.6.